The summed E-state index contributed by atoms with van der Waals surface area (Å²) >= 11 is 0. The molecule has 3 rings (SSSR count). The highest BCUT2D eigenvalue weighted by molar-refractivity contribution is 5.15. The minimum atomic E-state index is -0.635. The summed E-state index contributed by atoms with van der Waals surface area (Å²) in [6.45, 7) is 11.4. The van der Waals surface area contributed by atoms with Gasteiger partial charge in [-0.2, -0.15) is 0 Å². The van der Waals surface area contributed by atoms with Crippen molar-refractivity contribution < 1.29 is 5.11 Å². The van der Waals surface area contributed by atoms with E-state index in [1.54, 1.807) is 0 Å². The fraction of sp³-hybridized carbons (Fsp3) is 0.579. The normalized spacial score (nSPS) is 18.4. The molecule has 0 aliphatic carbocycles. The van der Waals surface area contributed by atoms with Crippen molar-refractivity contribution in [3.63, 3.8) is 0 Å². The second kappa shape index (κ2) is 7.64. The van der Waals surface area contributed by atoms with Crippen LogP contribution in [0.15, 0.2) is 36.7 Å². The van der Waals surface area contributed by atoms with Crippen LogP contribution in [0.1, 0.15) is 38.2 Å². The van der Waals surface area contributed by atoms with Crippen LogP contribution in [0.3, 0.4) is 0 Å². The van der Waals surface area contributed by atoms with Crippen molar-refractivity contribution >= 4 is 0 Å². The molecule has 136 valence electrons. The van der Waals surface area contributed by atoms with Gasteiger partial charge in [-0.1, -0.05) is 30.3 Å². The minimum absolute atomic E-state index is 0.232. The quantitative estimate of drug-likeness (QED) is 0.866. The van der Waals surface area contributed by atoms with Gasteiger partial charge in [0.1, 0.15) is 12.2 Å². The molecule has 1 unspecified atom stereocenters. The molecule has 6 nitrogen and oxygen atoms in total. The first-order valence-corrected chi connectivity index (χ1v) is 9.03. The molecular weight excluding hydrogens is 314 g/mol. The van der Waals surface area contributed by atoms with Gasteiger partial charge in [-0.25, -0.2) is 0 Å². The molecule has 1 N–H and O–H groups in total. The van der Waals surface area contributed by atoms with Crippen molar-refractivity contribution in [1.29, 1.82) is 0 Å². The summed E-state index contributed by atoms with van der Waals surface area (Å²) in [5.41, 5.74) is 0.620. The zero-order valence-corrected chi connectivity index (χ0v) is 15.5. The van der Waals surface area contributed by atoms with Gasteiger partial charge in [0.15, 0.2) is 0 Å². The lowest BCUT2D eigenvalue weighted by Crippen LogP contribution is -2.51. The zero-order chi connectivity index (χ0) is 17.9. The largest absolute Gasteiger partial charge is 0.389 e. The number of rotatable bonds is 6. The van der Waals surface area contributed by atoms with Gasteiger partial charge in [-0.3, -0.25) is 9.80 Å². The van der Waals surface area contributed by atoms with Crippen LogP contribution < -0.4 is 0 Å². The predicted molar refractivity (Wildman–Crippen MR) is 98.3 cm³/mol. The van der Waals surface area contributed by atoms with Crippen molar-refractivity contribution in [2.45, 2.75) is 39.0 Å². The number of nitrogens with zero attached hydrogens (tertiary/aromatic N) is 5. The molecule has 1 aromatic carbocycles. The van der Waals surface area contributed by atoms with Crippen LogP contribution in [-0.4, -0.2) is 68.0 Å². The van der Waals surface area contributed by atoms with E-state index in [4.69, 9.17) is 0 Å². The molecule has 6 heteroatoms. The maximum Gasteiger partial charge on any atom is 0.150 e. The SMILES string of the molecule is CC(c1nncn1Cc1ccccc1)N1CCN(CC(C)(C)O)CC1. The number of hydrogen-bond acceptors (Lipinski definition) is 5. The fourth-order valence-corrected chi connectivity index (χ4v) is 3.51. The highest BCUT2D eigenvalue weighted by atomic mass is 16.3. The molecule has 0 bridgehead atoms. The first kappa shape index (κ1) is 18.0. The smallest absolute Gasteiger partial charge is 0.150 e. The molecule has 1 saturated heterocycles. The summed E-state index contributed by atoms with van der Waals surface area (Å²) in [6.07, 6.45) is 1.82. The molecule has 1 aromatic heterocycles. The highest BCUT2D eigenvalue weighted by Crippen LogP contribution is 2.21. The Bertz CT molecular complexity index is 656. The Morgan fingerprint density at radius 3 is 2.44 bits per heavy atom. The standard InChI is InChI=1S/C19H29N5O/c1-16(23-11-9-22(10-12-23)14-19(2,3)25)18-21-20-15-24(18)13-17-7-5-4-6-8-17/h4-8,15-16,25H,9-14H2,1-3H3. The summed E-state index contributed by atoms with van der Waals surface area (Å²) in [5, 5.41) is 18.5. The third-order valence-corrected chi connectivity index (χ3v) is 4.78. The Labute approximate surface area is 150 Å². The summed E-state index contributed by atoms with van der Waals surface area (Å²) < 4.78 is 2.14. The zero-order valence-electron chi connectivity index (χ0n) is 15.5. The van der Waals surface area contributed by atoms with Gasteiger partial charge in [-0.15, -0.1) is 10.2 Å². The lowest BCUT2D eigenvalue weighted by molar-refractivity contribution is 0.0112. The second-order valence-electron chi connectivity index (χ2n) is 7.60. The Balaban J connectivity index is 1.61. The van der Waals surface area contributed by atoms with E-state index in [1.165, 1.54) is 5.56 Å². The monoisotopic (exact) mass is 343 g/mol. The third-order valence-electron chi connectivity index (χ3n) is 4.78. The molecule has 0 spiro atoms. The second-order valence-corrected chi connectivity index (χ2v) is 7.60. The lowest BCUT2D eigenvalue weighted by Gasteiger charge is -2.39. The van der Waals surface area contributed by atoms with Crippen LogP contribution in [0.2, 0.25) is 0 Å². The molecule has 1 aliphatic rings. The third kappa shape index (κ3) is 4.87. The molecule has 0 amide bonds. The fourth-order valence-electron chi connectivity index (χ4n) is 3.51. The number of aromatic nitrogens is 3. The van der Waals surface area contributed by atoms with Crippen molar-refractivity contribution in [1.82, 2.24) is 24.6 Å². The van der Waals surface area contributed by atoms with Gasteiger partial charge in [0.2, 0.25) is 0 Å². The molecular formula is C19H29N5O. The van der Waals surface area contributed by atoms with Crippen LogP contribution in [-0.2, 0) is 6.54 Å². The number of aliphatic hydroxyl groups is 1. The van der Waals surface area contributed by atoms with Gasteiger partial charge in [0.05, 0.1) is 18.2 Å². The van der Waals surface area contributed by atoms with Crippen molar-refractivity contribution in [3.8, 4) is 0 Å². The van der Waals surface area contributed by atoms with Gasteiger partial charge >= 0.3 is 0 Å². The number of benzene rings is 1. The van der Waals surface area contributed by atoms with E-state index in [0.717, 1.165) is 45.1 Å². The average Bonchev–Trinajstić information content (AvgIpc) is 3.02. The molecule has 0 radical (unpaired) electrons. The summed E-state index contributed by atoms with van der Waals surface area (Å²) in [5.74, 6) is 1.01. The van der Waals surface area contributed by atoms with E-state index < -0.39 is 5.60 Å². The minimum Gasteiger partial charge on any atom is -0.389 e. The van der Waals surface area contributed by atoms with Crippen molar-refractivity contribution in [3.05, 3.63) is 48.0 Å². The van der Waals surface area contributed by atoms with Gasteiger partial charge in [0.25, 0.3) is 0 Å². The first-order chi connectivity index (χ1) is 11.9. The molecule has 1 aliphatic heterocycles. The van der Waals surface area contributed by atoms with Crippen LogP contribution in [0.25, 0.3) is 0 Å². The van der Waals surface area contributed by atoms with E-state index in [9.17, 15) is 5.11 Å². The first-order valence-electron chi connectivity index (χ1n) is 9.03. The van der Waals surface area contributed by atoms with Gasteiger partial charge < -0.3 is 9.67 Å². The lowest BCUT2D eigenvalue weighted by atomic mass is 10.1. The molecule has 1 atom stereocenters. The Hall–Kier alpha value is -1.76. The topological polar surface area (TPSA) is 57.4 Å². The molecule has 0 saturated carbocycles. The van der Waals surface area contributed by atoms with E-state index in [-0.39, 0.29) is 6.04 Å². The maximum atomic E-state index is 9.99. The summed E-state index contributed by atoms with van der Waals surface area (Å²) in [4.78, 5) is 4.78. The van der Waals surface area contributed by atoms with E-state index in [2.05, 4.69) is 55.8 Å². The van der Waals surface area contributed by atoms with E-state index in [1.807, 2.05) is 26.2 Å². The Morgan fingerprint density at radius 1 is 1.12 bits per heavy atom. The highest BCUT2D eigenvalue weighted by Gasteiger charge is 2.27. The predicted octanol–water partition coefficient (Wildman–Crippen LogP) is 1.78. The number of β-amino-alcohol motifs (C(OH)–C–C–N with tert-alkyl or cyclic N) is 1. The molecule has 25 heavy (non-hydrogen) atoms. The van der Waals surface area contributed by atoms with Crippen LogP contribution >= 0.6 is 0 Å². The van der Waals surface area contributed by atoms with Crippen LogP contribution in [0.5, 0.6) is 0 Å². The maximum absolute atomic E-state index is 9.99. The van der Waals surface area contributed by atoms with Crippen molar-refractivity contribution in [2.75, 3.05) is 32.7 Å². The van der Waals surface area contributed by atoms with E-state index in [0.29, 0.717) is 0 Å². The Morgan fingerprint density at radius 2 is 1.80 bits per heavy atom. The van der Waals surface area contributed by atoms with Gasteiger partial charge in [0, 0.05) is 32.7 Å². The van der Waals surface area contributed by atoms with Crippen molar-refractivity contribution in [2.24, 2.45) is 0 Å². The van der Waals surface area contributed by atoms with Gasteiger partial charge in [-0.05, 0) is 26.3 Å². The number of piperazine rings is 1. The molecule has 1 fully saturated rings. The van der Waals surface area contributed by atoms with Crippen LogP contribution in [0.4, 0.5) is 0 Å². The van der Waals surface area contributed by atoms with E-state index >= 15 is 0 Å². The average molecular weight is 343 g/mol. The number of hydrogen-bond donors (Lipinski definition) is 1. The molecule has 2 aromatic rings. The Kier molecular flexibility index (Phi) is 5.51. The molecule has 2 heterocycles. The summed E-state index contributed by atoms with van der Waals surface area (Å²) in [6, 6.07) is 10.6. The van der Waals surface area contributed by atoms with Crippen LogP contribution in [0, 0.1) is 0 Å². The summed E-state index contributed by atoms with van der Waals surface area (Å²) in [7, 11) is 0.